The Morgan fingerprint density at radius 1 is 1.47 bits per heavy atom. The van der Waals surface area contributed by atoms with Gasteiger partial charge in [0.15, 0.2) is 0 Å². The molecule has 1 aliphatic rings. The lowest BCUT2D eigenvalue weighted by Crippen LogP contribution is -2.42. The Labute approximate surface area is 107 Å². The monoisotopic (exact) mass is 242 g/mol. The first-order chi connectivity index (χ1) is 8.00. The van der Waals surface area contributed by atoms with Crippen LogP contribution in [-0.4, -0.2) is 61.3 Å². The molecule has 0 aromatic rings. The highest BCUT2D eigenvalue weighted by atomic mass is 16.3. The Bertz CT molecular complexity index is 222. The zero-order valence-corrected chi connectivity index (χ0v) is 12.1. The Balaban J connectivity index is 2.39. The van der Waals surface area contributed by atoms with Crippen LogP contribution in [0.5, 0.6) is 0 Å². The van der Waals surface area contributed by atoms with Gasteiger partial charge >= 0.3 is 0 Å². The van der Waals surface area contributed by atoms with Crippen LogP contribution in [0.2, 0.25) is 0 Å². The molecule has 3 nitrogen and oxygen atoms in total. The third-order valence-electron chi connectivity index (χ3n) is 4.08. The topological polar surface area (TPSA) is 26.7 Å². The fourth-order valence-electron chi connectivity index (χ4n) is 3.10. The van der Waals surface area contributed by atoms with Crippen molar-refractivity contribution in [2.24, 2.45) is 5.41 Å². The average Bonchev–Trinajstić information content (AvgIpc) is 2.64. The highest BCUT2D eigenvalue weighted by Crippen LogP contribution is 2.24. The summed E-state index contributed by atoms with van der Waals surface area (Å²) in [4.78, 5) is 4.87. The van der Waals surface area contributed by atoms with E-state index in [-0.39, 0.29) is 5.41 Å². The molecule has 17 heavy (non-hydrogen) atoms. The SMILES string of the molecule is CCCC(C)(CO)CN(C)CC1CCCN1C. The summed E-state index contributed by atoms with van der Waals surface area (Å²) in [6.45, 7) is 8.07. The minimum atomic E-state index is 0.0701. The number of aliphatic hydroxyl groups is 1. The van der Waals surface area contributed by atoms with Gasteiger partial charge in [-0.05, 0) is 39.9 Å². The van der Waals surface area contributed by atoms with Crippen molar-refractivity contribution in [1.29, 1.82) is 0 Å². The van der Waals surface area contributed by atoms with Crippen molar-refractivity contribution < 1.29 is 5.11 Å². The second kappa shape index (κ2) is 6.72. The summed E-state index contributed by atoms with van der Waals surface area (Å²) in [7, 11) is 4.42. The number of hydrogen-bond donors (Lipinski definition) is 1. The van der Waals surface area contributed by atoms with Crippen LogP contribution in [0, 0.1) is 5.41 Å². The number of aliphatic hydroxyl groups excluding tert-OH is 1. The van der Waals surface area contributed by atoms with Crippen molar-refractivity contribution in [3.63, 3.8) is 0 Å². The predicted octanol–water partition coefficient (Wildman–Crippen LogP) is 1.81. The van der Waals surface area contributed by atoms with Crippen LogP contribution in [0.25, 0.3) is 0 Å². The van der Waals surface area contributed by atoms with Crippen molar-refractivity contribution in [2.45, 2.75) is 45.6 Å². The largest absolute Gasteiger partial charge is 0.396 e. The second-order valence-electron chi connectivity index (χ2n) is 6.19. The maximum absolute atomic E-state index is 9.54. The second-order valence-corrected chi connectivity index (χ2v) is 6.19. The van der Waals surface area contributed by atoms with Crippen LogP contribution >= 0.6 is 0 Å². The van der Waals surface area contributed by atoms with E-state index in [0.29, 0.717) is 12.6 Å². The fourth-order valence-corrected chi connectivity index (χ4v) is 3.10. The molecule has 0 aromatic carbocycles. The summed E-state index contributed by atoms with van der Waals surface area (Å²) >= 11 is 0. The van der Waals surface area contributed by atoms with E-state index in [2.05, 4.69) is 37.7 Å². The third-order valence-corrected chi connectivity index (χ3v) is 4.08. The first-order valence-electron chi connectivity index (χ1n) is 7.00. The number of likely N-dealkylation sites (N-methyl/N-ethyl adjacent to an activating group) is 2. The minimum Gasteiger partial charge on any atom is -0.396 e. The highest BCUT2D eigenvalue weighted by Gasteiger charge is 2.27. The van der Waals surface area contributed by atoms with Gasteiger partial charge in [0.2, 0.25) is 0 Å². The maximum Gasteiger partial charge on any atom is 0.0497 e. The van der Waals surface area contributed by atoms with Gasteiger partial charge in [-0.25, -0.2) is 0 Å². The molecule has 1 heterocycles. The first kappa shape index (κ1) is 14.9. The molecule has 102 valence electrons. The van der Waals surface area contributed by atoms with E-state index in [1.807, 2.05) is 0 Å². The summed E-state index contributed by atoms with van der Waals surface area (Å²) in [5.74, 6) is 0. The van der Waals surface area contributed by atoms with Crippen LogP contribution in [0.4, 0.5) is 0 Å². The molecule has 0 amide bonds. The fraction of sp³-hybridized carbons (Fsp3) is 1.00. The molecule has 1 saturated heterocycles. The van der Waals surface area contributed by atoms with Crippen molar-refractivity contribution in [3.8, 4) is 0 Å². The molecule has 1 rings (SSSR count). The standard InChI is InChI=1S/C14H30N2O/c1-5-8-14(2,12-17)11-15(3)10-13-7-6-9-16(13)4/h13,17H,5-12H2,1-4H3. The number of hydrogen-bond acceptors (Lipinski definition) is 3. The van der Waals surface area contributed by atoms with Gasteiger partial charge in [-0.1, -0.05) is 20.3 Å². The number of nitrogens with zero attached hydrogens (tertiary/aromatic N) is 2. The molecule has 0 aliphatic carbocycles. The van der Waals surface area contributed by atoms with Crippen molar-refractivity contribution >= 4 is 0 Å². The van der Waals surface area contributed by atoms with E-state index in [1.165, 1.54) is 19.4 Å². The zero-order chi connectivity index (χ0) is 12.9. The molecular weight excluding hydrogens is 212 g/mol. The van der Waals surface area contributed by atoms with E-state index in [9.17, 15) is 5.11 Å². The normalized spacial score (nSPS) is 25.4. The van der Waals surface area contributed by atoms with Crippen molar-refractivity contribution in [2.75, 3.05) is 40.3 Å². The molecule has 1 fully saturated rings. The highest BCUT2D eigenvalue weighted by molar-refractivity contribution is 4.82. The molecule has 0 saturated carbocycles. The molecule has 3 heteroatoms. The summed E-state index contributed by atoms with van der Waals surface area (Å²) in [5, 5.41) is 9.54. The quantitative estimate of drug-likeness (QED) is 0.737. The molecule has 0 spiro atoms. The molecule has 2 unspecified atom stereocenters. The van der Waals surface area contributed by atoms with Crippen LogP contribution in [0.3, 0.4) is 0 Å². The molecule has 0 bridgehead atoms. The van der Waals surface area contributed by atoms with Crippen LogP contribution in [0.1, 0.15) is 39.5 Å². The van der Waals surface area contributed by atoms with Gasteiger partial charge in [-0.3, -0.25) is 0 Å². The third kappa shape index (κ3) is 4.57. The molecule has 2 atom stereocenters. The van der Waals surface area contributed by atoms with E-state index in [4.69, 9.17) is 0 Å². The molecule has 1 N–H and O–H groups in total. The van der Waals surface area contributed by atoms with Gasteiger partial charge in [0.25, 0.3) is 0 Å². The first-order valence-corrected chi connectivity index (χ1v) is 7.00. The zero-order valence-electron chi connectivity index (χ0n) is 12.1. The van der Waals surface area contributed by atoms with Gasteiger partial charge in [-0.15, -0.1) is 0 Å². The molecule has 0 radical (unpaired) electrons. The summed E-state index contributed by atoms with van der Waals surface area (Å²) in [6.07, 6.45) is 4.91. The van der Waals surface area contributed by atoms with Crippen LogP contribution < -0.4 is 0 Å². The molecular formula is C14H30N2O. The Hall–Kier alpha value is -0.120. The number of rotatable bonds is 7. The van der Waals surface area contributed by atoms with E-state index in [0.717, 1.165) is 25.9 Å². The van der Waals surface area contributed by atoms with Gasteiger partial charge in [0.05, 0.1) is 0 Å². The average molecular weight is 242 g/mol. The van der Waals surface area contributed by atoms with E-state index < -0.39 is 0 Å². The predicted molar refractivity (Wildman–Crippen MR) is 73.2 cm³/mol. The lowest BCUT2D eigenvalue weighted by molar-refractivity contribution is 0.0811. The summed E-state index contributed by atoms with van der Waals surface area (Å²) in [5.41, 5.74) is 0.0701. The minimum absolute atomic E-state index is 0.0701. The van der Waals surface area contributed by atoms with Gasteiger partial charge in [0, 0.05) is 31.2 Å². The maximum atomic E-state index is 9.54. The van der Waals surface area contributed by atoms with Gasteiger partial charge in [0.1, 0.15) is 0 Å². The Kier molecular flexibility index (Phi) is 5.90. The Morgan fingerprint density at radius 2 is 2.18 bits per heavy atom. The van der Waals surface area contributed by atoms with Crippen LogP contribution in [0.15, 0.2) is 0 Å². The molecule has 0 aromatic heterocycles. The van der Waals surface area contributed by atoms with Crippen molar-refractivity contribution in [3.05, 3.63) is 0 Å². The van der Waals surface area contributed by atoms with Crippen molar-refractivity contribution in [1.82, 2.24) is 9.80 Å². The number of likely N-dealkylation sites (tertiary alicyclic amines) is 1. The summed E-state index contributed by atoms with van der Waals surface area (Å²) < 4.78 is 0. The van der Waals surface area contributed by atoms with E-state index in [1.54, 1.807) is 0 Å². The Morgan fingerprint density at radius 3 is 2.65 bits per heavy atom. The smallest absolute Gasteiger partial charge is 0.0497 e. The van der Waals surface area contributed by atoms with Gasteiger partial charge in [-0.2, -0.15) is 0 Å². The van der Waals surface area contributed by atoms with E-state index >= 15 is 0 Å². The molecule has 1 aliphatic heterocycles. The summed E-state index contributed by atoms with van der Waals surface area (Å²) in [6, 6.07) is 0.713. The lowest BCUT2D eigenvalue weighted by Gasteiger charge is -2.34. The van der Waals surface area contributed by atoms with Gasteiger partial charge < -0.3 is 14.9 Å². The lowest BCUT2D eigenvalue weighted by atomic mass is 9.86. The van der Waals surface area contributed by atoms with Crippen LogP contribution in [-0.2, 0) is 0 Å².